The van der Waals surface area contributed by atoms with Gasteiger partial charge in [-0.1, -0.05) is 12.1 Å². The molecule has 0 spiro atoms. The van der Waals surface area contributed by atoms with Gasteiger partial charge in [0.05, 0.1) is 5.92 Å². The fraction of sp³-hybridized carbons (Fsp3) is 0.562. The van der Waals surface area contributed by atoms with Crippen molar-refractivity contribution in [3.05, 3.63) is 29.8 Å². The molecule has 1 unspecified atom stereocenters. The van der Waals surface area contributed by atoms with E-state index in [1.165, 1.54) is 0 Å². The number of rotatable bonds is 5. The van der Waals surface area contributed by atoms with Crippen LogP contribution in [0.4, 0.5) is 5.69 Å². The average Bonchev–Trinajstić information content (AvgIpc) is 2.48. The van der Waals surface area contributed by atoms with Crippen LogP contribution in [0.2, 0.25) is 0 Å². The number of hydrogen-bond acceptors (Lipinski definition) is 4. The molecule has 0 aromatic heterocycles. The molecule has 0 aliphatic carbocycles. The standard InChI is InChI=1S/C16H26N4O/c1-13(14-4-3-5-15(17)12-14)16(21)18-6-7-20-10-8-19(2)9-11-20/h3-5,12-13H,6-11,17H2,1-2H3,(H,18,21). The average molecular weight is 290 g/mol. The highest BCUT2D eigenvalue weighted by atomic mass is 16.1. The lowest BCUT2D eigenvalue weighted by molar-refractivity contribution is -0.122. The first-order valence-electron chi connectivity index (χ1n) is 7.60. The van der Waals surface area contributed by atoms with Crippen molar-refractivity contribution in [3.63, 3.8) is 0 Å². The van der Waals surface area contributed by atoms with Crippen LogP contribution < -0.4 is 11.1 Å². The van der Waals surface area contributed by atoms with E-state index in [1.807, 2.05) is 31.2 Å². The Balaban J connectivity index is 1.74. The van der Waals surface area contributed by atoms with Crippen LogP contribution in [0, 0.1) is 0 Å². The number of nitrogens with two attached hydrogens (primary N) is 1. The van der Waals surface area contributed by atoms with Gasteiger partial charge in [-0.3, -0.25) is 9.69 Å². The van der Waals surface area contributed by atoms with Crippen molar-refractivity contribution in [2.75, 3.05) is 52.0 Å². The maximum atomic E-state index is 12.2. The highest BCUT2D eigenvalue weighted by molar-refractivity contribution is 5.83. The second-order valence-corrected chi connectivity index (χ2v) is 5.83. The Morgan fingerprint density at radius 2 is 2.05 bits per heavy atom. The lowest BCUT2D eigenvalue weighted by Crippen LogP contribution is -2.47. The van der Waals surface area contributed by atoms with Crippen molar-refractivity contribution in [2.45, 2.75) is 12.8 Å². The number of piperazine rings is 1. The third kappa shape index (κ3) is 4.72. The molecule has 2 rings (SSSR count). The summed E-state index contributed by atoms with van der Waals surface area (Å²) in [7, 11) is 2.15. The smallest absolute Gasteiger partial charge is 0.227 e. The number of nitrogen functional groups attached to an aromatic ring is 1. The summed E-state index contributed by atoms with van der Waals surface area (Å²) in [6, 6.07) is 7.53. The molecule has 1 aromatic carbocycles. The minimum Gasteiger partial charge on any atom is -0.399 e. The van der Waals surface area contributed by atoms with E-state index < -0.39 is 0 Å². The normalized spacial score (nSPS) is 18.4. The van der Waals surface area contributed by atoms with Crippen molar-refractivity contribution in [3.8, 4) is 0 Å². The molecule has 1 fully saturated rings. The number of likely N-dealkylation sites (N-methyl/N-ethyl adjacent to an activating group) is 1. The Morgan fingerprint density at radius 1 is 1.33 bits per heavy atom. The molecule has 0 bridgehead atoms. The Morgan fingerprint density at radius 3 is 2.71 bits per heavy atom. The van der Waals surface area contributed by atoms with Crippen LogP contribution in [-0.4, -0.2) is 62.0 Å². The Kier molecular flexibility index (Phi) is 5.59. The van der Waals surface area contributed by atoms with Crippen molar-refractivity contribution in [1.29, 1.82) is 0 Å². The number of nitrogens with zero attached hydrogens (tertiary/aromatic N) is 2. The van der Waals surface area contributed by atoms with E-state index in [2.05, 4.69) is 22.2 Å². The number of carbonyl (C=O) groups excluding carboxylic acids is 1. The van der Waals surface area contributed by atoms with Crippen LogP contribution >= 0.6 is 0 Å². The highest BCUT2D eigenvalue weighted by Crippen LogP contribution is 2.17. The van der Waals surface area contributed by atoms with Crippen molar-refractivity contribution in [1.82, 2.24) is 15.1 Å². The predicted octanol–water partition coefficient (Wildman–Crippen LogP) is 0.736. The number of benzene rings is 1. The van der Waals surface area contributed by atoms with E-state index in [1.54, 1.807) is 0 Å². The fourth-order valence-corrected chi connectivity index (χ4v) is 2.54. The number of hydrogen-bond donors (Lipinski definition) is 2. The summed E-state index contributed by atoms with van der Waals surface area (Å²) in [6.45, 7) is 7.91. The molecule has 0 radical (unpaired) electrons. The molecule has 0 saturated carbocycles. The van der Waals surface area contributed by atoms with Crippen LogP contribution in [0.25, 0.3) is 0 Å². The van der Waals surface area contributed by atoms with Gasteiger partial charge in [-0.05, 0) is 31.7 Å². The van der Waals surface area contributed by atoms with Gasteiger partial charge in [0.2, 0.25) is 5.91 Å². The van der Waals surface area contributed by atoms with E-state index in [-0.39, 0.29) is 11.8 Å². The van der Waals surface area contributed by atoms with Gasteiger partial charge >= 0.3 is 0 Å². The molecule has 1 aliphatic rings. The molecule has 1 amide bonds. The van der Waals surface area contributed by atoms with Crippen molar-refractivity contribution in [2.24, 2.45) is 0 Å². The Labute approximate surface area is 127 Å². The van der Waals surface area contributed by atoms with Crippen LogP contribution in [-0.2, 0) is 4.79 Å². The lowest BCUT2D eigenvalue weighted by atomic mass is 10.00. The minimum atomic E-state index is -0.166. The second-order valence-electron chi connectivity index (χ2n) is 5.83. The molecule has 3 N–H and O–H groups in total. The maximum absolute atomic E-state index is 12.2. The summed E-state index contributed by atoms with van der Waals surface area (Å²) in [5, 5.41) is 3.02. The first kappa shape index (κ1) is 15.8. The summed E-state index contributed by atoms with van der Waals surface area (Å²) < 4.78 is 0. The van der Waals surface area contributed by atoms with Gasteiger partial charge in [0.25, 0.3) is 0 Å². The predicted molar refractivity (Wildman–Crippen MR) is 86.2 cm³/mol. The molecule has 1 atom stereocenters. The Hall–Kier alpha value is -1.59. The molecule has 1 heterocycles. The maximum Gasteiger partial charge on any atom is 0.227 e. The number of nitrogens with one attached hydrogen (secondary N) is 1. The molecule has 21 heavy (non-hydrogen) atoms. The highest BCUT2D eigenvalue weighted by Gasteiger charge is 2.16. The lowest BCUT2D eigenvalue weighted by Gasteiger charge is -2.32. The van der Waals surface area contributed by atoms with Gasteiger partial charge in [-0.25, -0.2) is 0 Å². The Bertz CT molecular complexity index is 469. The van der Waals surface area contributed by atoms with Crippen LogP contribution in [0.1, 0.15) is 18.4 Å². The van der Waals surface area contributed by atoms with Gasteiger partial charge in [-0.15, -0.1) is 0 Å². The number of carbonyl (C=O) groups is 1. The molecular weight excluding hydrogens is 264 g/mol. The topological polar surface area (TPSA) is 61.6 Å². The van der Waals surface area contributed by atoms with Gasteiger partial charge in [0, 0.05) is 45.0 Å². The van der Waals surface area contributed by atoms with Gasteiger partial charge in [0.1, 0.15) is 0 Å². The quantitative estimate of drug-likeness (QED) is 0.785. The summed E-state index contributed by atoms with van der Waals surface area (Å²) in [6.07, 6.45) is 0. The summed E-state index contributed by atoms with van der Waals surface area (Å²) >= 11 is 0. The van der Waals surface area contributed by atoms with E-state index >= 15 is 0 Å². The number of amides is 1. The first-order chi connectivity index (χ1) is 10.1. The first-order valence-corrected chi connectivity index (χ1v) is 7.60. The van der Waals surface area contributed by atoms with Gasteiger partial charge < -0.3 is 16.0 Å². The number of anilines is 1. The van der Waals surface area contributed by atoms with E-state index in [4.69, 9.17) is 5.73 Å². The van der Waals surface area contributed by atoms with Gasteiger partial charge in [-0.2, -0.15) is 0 Å². The van der Waals surface area contributed by atoms with Crippen LogP contribution in [0.3, 0.4) is 0 Å². The third-order valence-electron chi connectivity index (χ3n) is 4.13. The fourth-order valence-electron chi connectivity index (χ4n) is 2.54. The molecule has 1 saturated heterocycles. The van der Waals surface area contributed by atoms with Crippen LogP contribution in [0.5, 0.6) is 0 Å². The van der Waals surface area contributed by atoms with E-state index in [9.17, 15) is 4.79 Å². The monoisotopic (exact) mass is 290 g/mol. The van der Waals surface area contributed by atoms with Crippen LogP contribution in [0.15, 0.2) is 24.3 Å². The zero-order chi connectivity index (χ0) is 15.2. The second kappa shape index (κ2) is 7.43. The third-order valence-corrected chi connectivity index (χ3v) is 4.13. The van der Waals surface area contributed by atoms with Gasteiger partial charge in [0.15, 0.2) is 0 Å². The minimum absolute atomic E-state index is 0.0646. The largest absolute Gasteiger partial charge is 0.399 e. The van der Waals surface area contributed by atoms with E-state index in [0.717, 1.165) is 38.3 Å². The summed E-state index contributed by atoms with van der Waals surface area (Å²) in [5.74, 6) is -0.101. The molecule has 1 aliphatic heterocycles. The van der Waals surface area contributed by atoms with Crippen molar-refractivity contribution < 1.29 is 4.79 Å². The van der Waals surface area contributed by atoms with Crippen molar-refractivity contribution >= 4 is 11.6 Å². The molecule has 5 heteroatoms. The molecule has 5 nitrogen and oxygen atoms in total. The molecular formula is C16H26N4O. The molecule has 116 valence electrons. The molecule has 1 aromatic rings. The summed E-state index contributed by atoms with van der Waals surface area (Å²) in [5.41, 5.74) is 7.43. The summed E-state index contributed by atoms with van der Waals surface area (Å²) in [4.78, 5) is 16.9. The van der Waals surface area contributed by atoms with E-state index in [0.29, 0.717) is 12.2 Å². The zero-order valence-corrected chi connectivity index (χ0v) is 13.0. The zero-order valence-electron chi connectivity index (χ0n) is 13.0. The SMILES string of the molecule is CC(C(=O)NCCN1CCN(C)CC1)c1cccc(N)c1.